The van der Waals surface area contributed by atoms with Crippen molar-refractivity contribution < 1.29 is 0 Å². The molecule has 0 saturated heterocycles. The number of unbranched alkanes of at least 4 members (excludes halogenated alkanes) is 2. The van der Waals surface area contributed by atoms with Crippen LogP contribution in [0.3, 0.4) is 0 Å². The van der Waals surface area contributed by atoms with Gasteiger partial charge in [-0.2, -0.15) is 4.98 Å². The van der Waals surface area contributed by atoms with Gasteiger partial charge in [-0.25, -0.2) is 9.97 Å². The maximum absolute atomic E-state index is 11.7. The molecule has 0 bridgehead atoms. The molecule has 6 nitrogen and oxygen atoms in total. The predicted octanol–water partition coefficient (Wildman–Crippen LogP) is 1.32. The topological polar surface area (TPSA) is 83.6 Å². The third-order valence-electron chi connectivity index (χ3n) is 2.42. The van der Waals surface area contributed by atoms with Gasteiger partial charge in [-0.1, -0.05) is 19.8 Å². The third kappa shape index (κ3) is 2.77. The van der Waals surface area contributed by atoms with E-state index in [0.717, 1.165) is 25.8 Å². The van der Waals surface area contributed by atoms with Gasteiger partial charge in [-0.05, 0) is 6.42 Å². The number of hydrogen-bond donors (Lipinski definition) is 2. The second kappa shape index (κ2) is 5.38. The minimum Gasteiger partial charge on any atom is -0.356 e. The molecule has 2 aromatic heterocycles. The van der Waals surface area contributed by atoms with Crippen molar-refractivity contribution in [2.75, 3.05) is 11.9 Å². The first-order valence-corrected chi connectivity index (χ1v) is 5.76. The van der Waals surface area contributed by atoms with Crippen LogP contribution in [0.25, 0.3) is 11.2 Å². The molecule has 0 unspecified atom stereocenters. The second-order valence-electron chi connectivity index (χ2n) is 3.78. The Morgan fingerprint density at radius 1 is 1.29 bits per heavy atom. The van der Waals surface area contributed by atoms with E-state index < -0.39 is 0 Å². The average molecular weight is 233 g/mol. The molecule has 6 heteroatoms. The molecule has 0 radical (unpaired) electrons. The highest BCUT2D eigenvalue weighted by Gasteiger charge is 2.04. The summed E-state index contributed by atoms with van der Waals surface area (Å²) in [6.07, 6.45) is 6.38. The van der Waals surface area contributed by atoms with Crippen LogP contribution in [-0.2, 0) is 0 Å². The van der Waals surface area contributed by atoms with Crippen molar-refractivity contribution in [3.05, 3.63) is 22.7 Å². The minimum atomic E-state index is -0.263. The molecule has 0 fully saturated rings. The number of aromatic amines is 1. The molecule has 0 aliphatic carbocycles. The van der Waals surface area contributed by atoms with Crippen LogP contribution >= 0.6 is 0 Å². The summed E-state index contributed by atoms with van der Waals surface area (Å²) in [4.78, 5) is 26.4. The Morgan fingerprint density at radius 2 is 2.12 bits per heavy atom. The molecule has 90 valence electrons. The Bertz CT molecular complexity index is 551. The fourth-order valence-electron chi connectivity index (χ4n) is 1.54. The molecule has 0 amide bonds. The summed E-state index contributed by atoms with van der Waals surface area (Å²) in [6, 6.07) is 0. The molecule has 2 rings (SSSR count). The van der Waals surface area contributed by atoms with Gasteiger partial charge in [0.25, 0.3) is 5.56 Å². The highest BCUT2D eigenvalue weighted by atomic mass is 16.1. The van der Waals surface area contributed by atoms with Crippen molar-refractivity contribution in [1.82, 2.24) is 19.9 Å². The smallest absolute Gasteiger partial charge is 0.280 e. The average Bonchev–Trinajstić information content (AvgIpc) is 2.35. The number of rotatable bonds is 5. The molecule has 0 aromatic carbocycles. The Hall–Kier alpha value is -1.98. The number of nitrogens with one attached hydrogen (secondary N) is 2. The summed E-state index contributed by atoms with van der Waals surface area (Å²) in [5.74, 6) is 0.458. The molecule has 0 atom stereocenters. The summed E-state index contributed by atoms with van der Waals surface area (Å²) in [5, 5.41) is 3.08. The zero-order valence-electron chi connectivity index (χ0n) is 9.73. The van der Waals surface area contributed by atoms with Gasteiger partial charge in [0.15, 0.2) is 11.2 Å². The molecule has 2 aromatic rings. The fraction of sp³-hybridized carbons (Fsp3) is 0.455. The highest BCUT2D eigenvalue weighted by molar-refractivity contribution is 5.68. The summed E-state index contributed by atoms with van der Waals surface area (Å²) < 4.78 is 0. The first-order valence-electron chi connectivity index (χ1n) is 5.76. The number of fused-ring (bicyclic) bond motifs is 1. The van der Waals surface area contributed by atoms with Gasteiger partial charge in [-0.15, -0.1) is 0 Å². The zero-order chi connectivity index (χ0) is 12.1. The summed E-state index contributed by atoms with van der Waals surface area (Å²) in [5.41, 5.74) is 0.377. The largest absolute Gasteiger partial charge is 0.356 e. The van der Waals surface area contributed by atoms with Crippen molar-refractivity contribution in [2.45, 2.75) is 26.2 Å². The van der Waals surface area contributed by atoms with Crippen molar-refractivity contribution in [3.8, 4) is 0 Å². The first kappa shape index (κ1) is 11.5. The zero-order valence-corrected chi connectivity index (χ0v) is 9.73. The quantitative estimate of drug-likeness (QED) is 0.761. The van der Waals surface area contributed by atoms with E-state index in [1.54, 1.807) is 0 Å². The van der Waals surface area contributed by atoms with E-state index in [1.165, 1.54) is 12.4 Å². The molecule has 0 aliphatic heterocycles. The van der Waals surface area contributed by atoms with E-state index in [-0.39, 0.29) is 11.1 Å². The maximum Gasteiger partial charge on any atom is 0.280 e. The van der Waals surface area contributed by atoms with Gasteiger partial charge in [0.2, 0.25) is 5.95 Å². The van der Waals surface area contributed by atoms with Crippen LogP contribution in [0.4, 0.5) is 5.95 Å². The maximum atomic E-state index is 11.7. The van der Waals surface area contributed by atoms with Gasteiger partial charge in [-0.3, -0.25) is 9.78 Å². The molecular formula is C11H15N5O. The van der Waals surface area contributed by atoms with Crippen LogP contribution in [0.1, 0.15) is 26.2 Å². The van der Waals surface area contributed by atoms with Gasteiger partial charge in [0.1, 0.15) is 0 Å². The predicted molar refractivity (Wildman–Crippen MR) is 66.0 cm³/mol. The fourth-order valence-corrected chi connectivity index (χ4v) is 1.54. The van der Waals surface area contributed by atoms with Crippen LogP contribution < -0.4 is 10.9 Å². The minimum absolute atomic E-state index is 0.263. The number of nitrogens with zero attached hydrogens (tertiary/aromatic N) is 3. The van der Waals surface area contributed by atoms with Crippen molar-refractivity contribution in [3.63, 3.8) is 0 Å². The van der Waals surface area contributed by atoms with Crippen molar-refractivity contribution >= 4 is 17.1 Å². The highest BCUT2D eigenvalue weighted by Crippen LogP contribution is 2.02. The van der Waals surface area contributed by atoms with E-state index in [1.807, 2.05) is 0 Å². The Kier molecular flexibility index (Phi) is 3.64. The standard InChI is InChI=1S/C11H15N5O/c1-2-3-4-5-14-11-15-9-8(10(17)16-11)12-6-7-13-9/h6-7H,2-5H2,1H3,(H2,13,14,15,16,17). The molecule has 2 N–H and O–H groups in total. The third-order valence-corrected chi connectivity index (χ3v) is 2.42. The van der Waals surface area contributed by atoms with E-state index in [4.69, 9.17) is 0 Å². The molecule has 2 heterocycles. The second-order valence-corrected chi connectivity index (χ2v) is 3.78. The van der Waals surface area contributed by atoms with Crippen molar-refractivity contribution in [2.24, 2.45) is 0 Å². The molecular weight excluding hydrogens is 218 g/mol. The van der Waals surface area contributed by atoms with Crippen LogP contribution in [0.2, 0.25) is 0 Å². The van der Waals surface area contributed by atoms with Crippen LogP contribution in [0.15, 0.2) is 17.2 Å². The lowest BCUT2D eigenvalue weighted by molar-refractivity contribution is 0.740. The summed E-state index contributed by atoms with van der Waals surface area (Å²) >= 11 is 0. The van der Waals surface area contributed by atoms with E-state index in [9.17, 15) is 4.79 Å². The van der Waals surface area contributed by atoms with Gasteiger partial charge >= 0.3 is 0 Å². The Morgan fingerprint density at radius 3 is 2.94 bits per heavy atom. The SMILES string of the molecule is CCCCCNc1nc2nccnc2c(=O)[nH]1. The number of aromatic nitrogens is 4. The monoisotopic (exact) mass is 233 g/mol. The molecule has 0 spiro atoms. The van der Waals surface area contributed by atoms with Crippen LogP contribution in [0.5, 0.6) is 0 Å². The molecule has 17 heavy (non-hydrogen) atoms. The van der Waals surface area contributed by atoms with E-state index in [0.29, 0.717) is 11.6 Å². The summed E-state index contributed by atoms with van der Waals surface area (Å²) in [7, 11) is 0. The number of anilines is 1. The van der Waals surface area contributed by atoms with E-state index >= 15 is 0 Å². The summed E-state index contributed by atoms with van der Waals surface area (Å²) in [6.45, 7) is 2.94. The normalized spacial score (nSPS) is 10.6. The Labute approximate surface area is 98.5 Å². The lowest BCUT2D eigenvalue weighted by Crippen LogP contribution is -2.15. The van der Waals surface area contributed by atoms with Crippen LogP contribution in [-0.4, -0.2) is 26.5 Å². The van der Waals surface area contributed by atoms with Crippen LogP contribution in [0, 0.1) is 0 Å². The van der Waals surface area contributed by atoms with Gasteiger partial charge < -0.3 is 5.32 Å². The van der Waals surface area contributed by atoms with E-state index in [2.05, 4.69) is 32.2 Å². The number of H-pyrrole nitrogens is 1. The lowest BCUT2D eigenvalue weighted by Gasteiger charge is -2.04. The molecule has 0 aliphatic rings. The van der Waals surface area contributed by atoms with Gasteiger partial charge in [0, 0.05) is 18.9 Å². The number of hydrogen-bond acceptors (Lipinski definition) is 5. The van der Waals surface area contributed by atoms with Crippen molar-refractivity contribution in [1.29, 1.82) is 0 Å². The molecule has 0 saturated carbocycles. The van der Waals surface area contributed by atoms with Gasteiger partial charge in [0.05, 0.1) is 0 Å². The Balaban J connectivity index is 2.16. The lowest BCUT2D eigenvalue weighted by atomic mass is 10.2. The first-order chi connectivity index (χ1) is 8.31.